The predicted molar refractivity (Wildman–Crippen MR) is 86.3 cm³/mol. The Morgan fingerprint density at radius 3 is 2.73 bits per heavy atom. The minimum absolute atomic E-state index is 0.00443. The van der Waals surface area contributed by atoms with Gasteiger partial charge in [0.2, 0.25) is 0 Å². The van der Waals surface area contributed by atoms with Crippen LogP contribution >= 0.6 is 0 Å². The molecule has 4 nitrogen and oxygen atoms in total. The summed E-state index contributed by atoms with van der Waals surface area (Å²) in [5.41, 5.74) is 3.89. The molecule has 0 aliphatic carbocycles. The molecule has 0 radical (unpaired) electrons. The number of nitrogens with one attached hydrogen (secondary N) is 1. The van der Waals surface area contributed by atoms with E-state index in [2.05, 4.69) is 9.97 Å². The van der Waals surface area contributed by atoms with Gasteiger partial charge in [0.05, 0.1) is 17.5 Å². The van der Waals surface area contributed by atoms with Crippen LogP contribution in [0.2, 0.25) is 0 Å². The molecule has 1 heterocycles. The highest BCUT2D eigenvalue weighted by molar-refractivity contribution is 5.98. The lowest BCUT2D eigenvalue weighted by Gasteiger charge is -2.06. The second-order valence-electron chi connectivity index (χ2n) is 5.45. The van der Waals surface area contributed by atoms with Gasteiger partial charge in [-0.15, -0.1) is 0 Å². The monoisotopic (exact) mass is 292 g/mol. The number of rotatable bonds is 3. The molecular weight excluding hydrogens is 276 g/mol. The van der Waals surface area contributed by atoms with Crippen LogP contribution in [0.15, 0.2) is 47.3 Å². The lowest BCUT2D eigenvalue weighted by Crippen LogP contribution is -2.19. The zero-order valence-corrected chi connectivity index (χ0v) is 12.5. The van der Waals surface area contributed by atoms with Gasteiger partial charge in [-0.1, -0.05) is 29.8 Å². The molecule has 3 rings (SSSR count). The average Bonchev–Trinajstić information content (AvgIpc) is 2.50. The number of benzene rings is 2. The number of aromatic nitrogens is 2. The van der Waals surface area contributed by atoms with E-state index in [1.807, 2.05) is 50.2 Å². The highest BCUT2D eigenvalue weighted by Gasteiger charge is 2.14. The molecule has 3 aromatic rings. The maximum absolute atomic E-state index is 12.5. The van der Waals surface area contributed by atoms with E-state index in [1.54, 1.807) is 6.07 Å². The molecule has 0 atom stereocenters. The molecule has 0 spiro atoms. The van der Waals surface area contributed by atoms with E-state index in [9.17, 15) is 9.59 Å². The number of Topliss-reactive ketones (excluding diaryl/α,β-unsaturated/α-hetero) is 1. The van der Waals surface area contributed by atoms with Gasteiger partial charge < -0.3 is 4.98 Å². The highest BCUT2D eigenvalue weighted by Crippen LogP contribution is 2.13. The van der Waals surface area contributed by atoms with Crippen LogP contribution in [0.3, 0.4) is 0 Å². The third-order valence-corrected chi connectivity index (χ3v) is 3.69. The number of nitrogens with zero attached hydrogens (tertiary/aromatic N) is 1. The summed E-state index contributed by atoms with van der Waals surface area (Å²) in [6.45, 7) is 3.84. The van der Waals surface area contributed by atoms with Crippen LogP contribution in [-0.4, -0.2) is 15.8 Å². The second-order valence-corrected chi connectivity index (χ2v) is 5.45. The number of fused-ring (bicyclic) bond motifs is 1. The SMILES string of the molecule is Cc1ccc(C)c(C(=O)Cc2nc3ccccc3[nH]c2=O)c1. The van der Waals surface area contributed by atoms with Crippen molar-refractivity contribution in [3.8, 4) is 0 Å². The Kier molecular flexibility index (Phi) is 3.59. The van der Waals surface area contributed by atoms with Gasteiger partial charge >= 0.3 is 0 Å². The van der Waals surface area contributed by atoms with Crippen molar-refractivity contribution in [3.63, 3.8) is 0 Å². The fraction of sp³-hybridized carbons (Fsp3) is 0.167. The van der Waals surface area contributed by atoms with E-state index in [0.717, 1.165) is 11.1 Å². The normalized spacial score (nSPS) is 10.8. The van der Waals surface area contributed by atoms with Crippen LogP contribution in [0.4, 0.5) is 0 Å². The van der Waals surface area contributed by atoms with Gasteiger partial charge in [0, 0.05) is 5.56 Å². The first-order chi connectivity index (χ1) is 10.5. The zero-order valence-electron chi connectivity index (χ0n) is 12.5. The number of aromatic amines is 1. The molecular formula is C18H16N2O2. The number of para-hydroxylation sites is 2. The van der Waals surface area contributed by atoms with Gasteiger partial charge in [0.15, 0.2) is 5.78 Å². The van der Waals surface area contributed by atoms with Crippen molar-refractivity contribution in [1.82, 2.24) is 9.97 Å². The number of carbonyl (C=O) groups excluding carboxylic acids is 1. The summed E-state index contributed by atoms with van der Waals surface area (Å²) >= 11 is 0. The zero-order chi connectivity index (χ0) is 15.7. The number of H-pyrrole nitrogens is 1. The molecule has 110 valence electrons. The third kappa shape index (κ3) is 2.68. The smallest absolute Gasteiger partial charge is 0.270 e. The van der Waals surface area contributed by atoms with Crippen molar-refractivity contribution in [2.45, 2.75) is 20.3 Å². The standard InChI is InChI=1S/C18H16N2O2/c1-11-7-8-12(2)13(9-11)17(21)10-16-18(22)20-15-6-4-3-5-14(15)19-16/h3-9H,10H2,1-2H3,(H,20,22). The summed E-state index contributed by atoms with van der Waals surface area (Å²) in [6, 6.07) is 13.0. The summed E-state index contributed by atoms with van der Waals surface area (Å²) < 4.78 is 0. The topological polar surface area (TPSA) is 62.8 Å². The first kappa shape index (κ1) is 14.2. The Hall–Kier alpha value is -2.75. The van der Waals surface area contributed by atoms with Gasteiger partial charge in [0.1, 0.15) is 5.69 Å². The molecule has 0 bridgehead atoms. The van der Waals surface area contributed by atoms with E-state index < -0.39 is 0 Å². The first-order valence-electron chi connectivity index (χ1n) is 7.13. The summed E-state index contributed by atoms with van der Waals surface area (Å²) in [4.78, 5) is 31.7. The van der Waals surface area contributed by atoms with Crippen LogP contribution in [-0.2, 0) is 6.42 Å². The summed E-state index contributed by atoms with van der Waals surface area (Å²) in [5, 5.41) is 0. The molecule has 1 N–H and O–H groups in total. The van der Waals surface area contributed by atoms with Crippen LogP contribution in [0.5, 0.6) is 0 Å². The fourth-order valence-corrected chi connectivity index (χ4v) is 2.47. The number of ketones is 1. The quantitative estimate of drug-likeness (QED) is 0.755. The Bertz CT molecular complexity index is 926. The predicted octanol–water partition coefficient (Wildman–Crippen LogP) is 2.97. The lowest BCUT2D eigenvalue weighted by molar-refractivity contribution is 0.0991. The molecule has 4 heteroatoms. The Morgan fingerprint density at radius 2 is 1.91 bits per heavy atom. The van der Waals surface area contributed by atoms with Crippen LogP contribution in [0, 0.1) is 13.8 Å². The van der Waals surface area contributed by atoms with Gasteiger partial charge in [-0.05, 0) is 37.6 Å². The number of carbonyl (C=O) groups is 1. The largest absolute Gasteiger partial charge is 0.319 e. The molecule has 1 aromatic heterocycles. The second kappa shape index (κ2) is 5.56. The summed E-state index contributed by atoms with van der Waals surface area (Å²) in [6.07, 6.45) is 0.00443. The van der Waals surface area contributed by atoms with Gasteiger partial charge in [-0.3, -0.25) is 9.59 Å². The molecule has 22 heavy (non-hydrogen) atoms. The van der Waals surface area contributed by atoms with Crippen molar-refractivity contribution in [1.29, 1.82) is 0 Å². The first-order valence-corrected chi connectivity index (χ1v) is 7.13. The average molecular weight is 292 g/mol. The Morgan fingerprint density at radius 1 is 1.14 bits per heavy atom. The number of hydrogen-bond acceptors (Lipinski definition) is 3. The van der Waals surface area contributed by atoms with Crippen molar-refractivity contribution in [2.75, 3.05) is 0 Å². The number of aryl methyl sites for hydroxylation is 2. The van der Waals surface area contributed by atoms with E-state index in [-0.39, 0.29) is 23.5 Å². The minimum atomic E-state index is -0.308. The fourth-order valence-electron chi connectivity index (χ4n) is 2.47. The maximum atomic E-state index is 12.5. The Balaban J connectivity index is 1.99. The maximum Gasteiger partial charge on any atom is 0.270 e. The van der Waals surface area contributed by atoms with Gasteiger partial charge in [-0.2, -0.15) is 0 Å². The number of hydrogen-bond donors (Lipinski definition) is 1. The van der Waals surface area contributed by atoms with E-state index in [4.69, 9.17) is 0 Å². The Labute approximate surface area is 127 Å². The van der Waals surface area contributed by atoms with Crippen molar-refractivity contribution in [3.05, 3.63) is 75.2 Å². The van der Waals surface area contributed by atoms with Gasteiger partial charge in [-0.25, -0.2) is 4.98 Å². The van der Waals surface area contributed by atoms with Crippen molar-refractivity contribution in [2.24, 2.45) is 0 Å². The van der Waals surface area contributed by atoms with Crippen LogP contribution < -0.4 is 5.56 Å². The molecule has 0 amide bonds. The molecule has 0 fully saturated rings. The molecule has 0 saturated heterocycles. The van der Waals surface area contributed by atoms with E-state index in [0.29, 0.717) is 16.6 Å². The molecule has 0 unspecified atom stereocenters. The molecule has 2 aromatic carbocycles. The summed E-state index contributed by atoms with van der Waals surface area (Å²) in [7, 11) is 0. The molecule has 0 aliphatic heterocycles. The van der Waals surface area contributed by atoms with Crippen molar-refractivity contribution < 1.29 is 4.79 Å². The van der Waals surface area contributed by atoms with Crippen LogP contribution in [0.25, 0.3) is 11.0 Å². The molecule has 0 aliphatic rings. The van der Waals surface area contributed by atoms with E-state index >= 15 is 0 Å². The van der Waals surface area contributed by atoms with Gasteiger partial charge in [0.25, 0.3) is 5.56 Å². The minimum Gasteiger partial charge on any atom is -0.319 e. The van der Waals surface area contributed by atoms with Crippen LogP contribution in [0.1, 0.15) is 27.2 Å². The van der Waals surface area contributed by atoms with E-state index in [1.165, 1.54) is 0 Å². The highest BCUT2D eigenvalue weighted by atomic mass is 16.1. The summed E-state index contributed by atoms with van der Waals surface area (Å²) in [5.74, 6) is -0.0884. The molecule has 0 saturated carbocycles. The van der Waals surface area contributed by atoms with Crippen molar-refractivity contribution >= 4 is 16.8 Å². The third-order valence-electron chi connectivity index (χ3n) is 3.69. The lowest BCUT2D eigenvalue weighted by atomic mass is 9.99.